The van der Waals surface area contributed by atoms with E-state index in [4.69, 9.17) is 4.74 Å². The van der Waals surface area contributed by atoms with E-state index < -0.39 is 0 Å². The van der Waals surface area contributed by atoms with Crippen LogP contribution in [-0.2, 0) is 11.3 Å². The van der Waals surface area contributed by atoms with Gasteiger partial charge < -0.3 is 20.5 Å². The van der Waals surface area contributed by atoms with Crippen LogP contribution in [0.25, 0.3) is 0 Å². The van der Waals surface area contributed by atoms with Crippen LogP contribution < -0.4 is 10.6 Å². The zero-order chi connectivity index (χ0) is 15.1. The third-order valence-corrected chi connectivity index (χ3v) is 3.78. The molecule has 0 amide bonds. The van der Waals surface area contributed by atoms with E-state index in [9.17, 15) is 5.11 Å². The number of aliphatic hydroxyl groups is 1. The van der Waals surface area contributed by atoms with Crippen molar-refractivity contribution < 1.29 is 9.84 Å². The Balaban J connectivity index is 2.09. The molecular weight excluding hydrogens is 268 g/mol. The van der Waals surface area contributed by atoms with E-state index in [2.05, 4.69) is 20.6 Å². The van der Waals surface area contributed by atoms with Gasteiger partial charge in [0.15, 0.2) is 5.82 Å². The summed E-state index contributed by atoms with van der Waals surface area (Å²) in [5.74, 6) is 2.15. The lowest BCUT2D eigenvalue weighted by molar-refractivity contribution is 0.128. The number of hydrogen-bond donors (Lipinski definition) is 3. The van der Waals surface area contributed by atoms with E-state index in [1.165, 1.54) is 6.42 Å². The maximum Gasteiger partial charge on any atom is 0.158 e. The first-order chi connectivity index (χ1) is 10.2. The van der Waals surface area contributed by atoms with Gasteiger partial charge in [-0.2, -0.15) is 0 Å². The minimum Gasteiger partial charge on any atom is -0.391 e. The van der Waals surface area contributed by atoms with Crippen LogP contribution in [0.2, 0.25) is 0 Å². The molecule has 1 aliphatic rings. The molecule has 0 spiro atoms. The van der Waals surface area contributed by atoms with Crippen molar-refractivity contribution in [1.82, 2.24) is 9.97 Å². The summed E-state index contributed by atoms with van der Waals surface area (Å²) in [6, 6.07) is 1.93. The van der Waals surface area contributed by atoms with E-state index >= 15 is 0 Å². The predicted octanol–water partition coefficient (Wildman–Crippen LogP) is 2.16. The quantitative estimate of drug-likeness (QED) is 0.698. The summed E-state index contributed by atoms with van der Waals surface area (Å²) < 4.78 is 5.38. The minimum absolute atomic E-state index is 0.0621. The molecule has 0 bridgehead atoms. The summed E-state index contributed by atoms with van der Waals surface area (Å²) in [6.45, 7) is 2.98. The van der Waals surface area contributed by atoms with Gasteiger partial charge in [-0.3, -0.25) is 0 Å². The minimum atomic E-state index is -0.309. The Labute approximate surface area is 126 Å². The lowest BCUT2D eigenvalue weighted by atomic mass is 10.1. The molecule has 6 heteroatoms. The van der Waals surface area contributed by atoms with Crippen molar-refractivity contribution in [3.8, 4) is 0 Å². The van der Waals surface area contributed by atoms with Gasteiger partial charge >= 0.3 is 0 Å². The molecule has 3 N–H and O–H groups in total. The highest BCUT2D eigenvalue weighted by atomic mass is 16.5. The summed E-state index contributed by atoms with van der Waals surface area (Å²) in [7, 11) is 1.83. The average Bonchev–Trinajstić information content (AvgIpc) is 2.70. The summed E-state index contributed by atoms with van der Waals surface area (Å²) in [4.78, 5) is 8.85. The number of nitrogens with zero attached hydrogens (tertiary/aromatic N) is 2. The lowest BCUT2D eigenvalue weighted by Gasteiger charge is -2.22. The molecule has 2 rings (SSSR count). The van der Waals surface area contributed by atoms with Crippen molar-refractivity contribution in [1.29, 1.82) is 0 Å². The number of hydrogen-bond acceptors (Lipinski definition) is 6. The first-order valence-corrected chi connectivity index (χ1v) is 7.81. The highest BCUT2D eigenvalue weighted by molar-refractivity contribution is 5.47. The van der Waals surface area contributed by atoms with Gasteiger partial charge in [0.05, 0.1) is 12.1 Å². The number of aliphatic hydroxyl groups excluding tert-OH is 1. The first kappa shape index (κ1) is 16.0. The molecule has 1 aromatic heterocycles. The van der Waals surface area contributed by atoms with Crippen molar-refractivity contribution in [2.45, 2.75) is 57.8 Å². The maximum atomic E-state index is 10.2. The van der Waals surface area contributed by atoms with Crippen LogP contribution in [0.15, 0.2) is 6.07 Å². The summed E-state index contributed by atoms with van der Waals surface area (Å²) in [5, 5.41) is 16.6. The molecule has 0 radical (unpaired) electrons. The largest absolute Gasteiger partial charge is 0.391 e. The molecule has 0 aromatic carbocycles. The van der Waals surface area contributed by atoms with Crippen molar-refractivity contribution in [3.05, 3.63) is 11.9 Å². The van der Waals surface area contributed by atoms with Crippen molar-refractivity contribution in [2.24, 2.45) is 0 Å². The summed E-state index contributed by atoms with van der Waals surface area (Å²) in [6.07, 6.45) is 4.95. The second-order valence-electron chi connectivity index (χ2n) is 5.40. The van der Waals surface area contributed by atoms with Gasteiger partial charge in [0.2, 0.25) is 0 Å². The Bertz CT molecular complexity index is 442. The van der Waals surface area contributed by atoms with Gasteiger partial charge in [-0.1, -0.05) is 19.3 Å². The Morgan fingerprint density at radius 2 is 2.00 bits per heavy atom. The normalized spacial score (nSPS) is 22.6. The molecule has 1 heterocycles. The van der Waals surface area contributed by atoms with E-state index in [1.54, 1.807) is 0 Å². The zero-order valence-corrected chi connectivity index (χ0v) is 12.9. The van der Waals surface area contributed by atoms with Gasteiger partial charge in [0.25, 0.3) is 0 Å². The van der Waals surface area contributed by atoms with Crippen LogP contribution in [0.1, 0.15) is 44.9 Å². The number of rotatable bonds is 6. The average molecular weight is 294 g/mol. The van der Waals surface area contributed by atoms with Crippen LogP contribution in [0.3, 0.4) is 0 Å². The third-order valence-electron chi connectivity index (χ3n) is 3.78. The van der Waals surface area contributed by atoms with Crippen molar-refractivity contribution in [2.75, 3.05) is 24.3 Å². The molecule has 21 heavy (non-hydrogen) atoms. The second-order valence-corrected chi connectivity index (χ2v) is 5.40. The standard InChI is InChI=1S/C15H26N4O2/c1-3-21-10-15-18-13(16-2)9-14(19-15)17-11-7-5-4-6-8-12(11)20/h9,11-12,20H,3-8,10H2,1-2H3,(H2,16,17,18,19). The van der Waals surface area contributed by atoms with Crippen LogP contribution in [0, 0.1) is 0 Å². The first-order valence-electron chi connectivity index (χ1n) is 7.81. The molecule has 1 aliphatic carbocycles. The fourth-order valence-corrected chi connectivity index (χ4v) is 2.60. The van der Waals surface area contributed by atoms with Crippen LogP contribution >= 0.6 is 0 Å². The third kappa shape index (κ3) is 4.82. The lowest BCUT2D eigenvalue weighted by Crippen LogP contribution is -2.33. The van der Waals surface area contributed by atoms with Gasteiger partial charge in [-0.15, -0.1) is 0 Å². The Morgan fingerprint density at radius 3 is 2.76 bits per heavy atom. The predicted molar refractivity (Wildman–Crippen MR) is 83.4 cm³/mol. The zero-order valence-electron chi connectivity index (χ0n) is 12.9. The van der Waals surface area contributed by atoms with Gasteiger partial charge in [0, 0.05) is 19.7 Å². The number of nitrogens with one attached hydrogen (secondary N) is 2. The Morgan fingerprint density at radius 1 is 1.24 bits per heavy atom. The monoisotopic (exact) mass is 294 g/mol. The van der Waals surface area contributed by atoms with E-state index in [0.29, 0.717) is 19.0 Å². The molecule has 1 saturated carbocycles. The fourth-order valence-electron chi connectivity index (χ4n) is 2.60. The highest BCUT2D eigenvalue weighted by Gasteiger charge is 2.22. The molecule has 1 fully saturated rings. The Hall–Kier alpha value is -1.40. The molecule has 0 aliphatic heterocycles. The smallest absolute Gasteiger partial charge is 0.158 e. The number of ether oxygens (including phenoxy) is 1. The van der Waals surface area contributed by atoms with E-state index in [1.807, 2.05) is 20.0 Å². The van der Waals surface area contributed by atoms with Crippen LogP contribution in [0.4, 0.5) is 11.6 Å². The summed E-state index contributed by atoms with van der Waals surface area (Å²) in [5.41, 5.74) is 0. The maximum absolute atomic E-state index is 10.2. The second kappa shape index (κ2) is 8.14. The van der Waals surface area contributed by atoms with Crippen LogP contribution in [-0.4, -0.2) is 40.9 Å². The molecule has 118 valence electrons. The van der Waals surface area contributed by atoms with E-state index in [-0.39, 0.29) is 12.1 Å². The topological polar surface area (TPSA) is 79.3 Å². The summed E-state index contributed by atoms with van der Waals surface area (Å²) >= 11 is 0. The van der Waals surface area contributed by atoms with Gasteiger partial charge in [-0.05, 0) is 19.8 Å². The molecule has 2 atom stereocenters. The highest BCUT2D eigenvalue weighted by Crippen LogP contribution is 2.22. The molecule has 1 aromatic rings. The number of anilines is 2. The van der Waals surface area contributed by atoms with Crippen molar-refractivity contribution >= 4 is 11.6 Å². The fraction of sp³-hybridized carbons (Fsp3) is 0.733. The van der Waals surface area contributed by atoms with Gasteiger partial charge in [0.1, 0.15) is 18.2 Å². The Kier molecular flexibility index (Phi) is 6.20. The molecular formula is C15H26N4O2. The molecule has 2 unspecified atom stereocenters. The molecule has 6 nitrogen and oxygen atoms in total. The number of aromatic nitrogens is 2. The van der Waals surface area contributed by atoms with Crippen LogP contribution in [0.5, 0.6) is 0 Å². The SMILES string of the molecule is CCOCc1nc(NC)cc(NC2CCCCCC2O)n1. The molecule has 0 saturated heterocycles. The van der Waals surface area contributed by atoms with Crippen molar-refractivity contribution in [3.63, 3.8) is 0 Å². The van der Waals surface area contributed by atoms with E-state index in [0.717, 1.165) is 37.3 Å². The van der Waals surface area contributed by atoms with Gasteiger partial charge in [-0.25, -0.2) is 9.97 Å².